The van der Waals surface area contributed by atoms with Gasteiger partial charge in [-0.15, -0.1) is 0 Å². The Morgan fingerprint density at radius 2 is 1.42 bits per heavy atom. The lowest BCUT2D eigenvalue weighted by atomic mass is 9.98. The van der Waals surface area contributed by atoms with Crippen LogP contribution < -0.4 is 4.57 Å². The lowest BCUT2D eigenvalue weighted by Crippen LogP contribution is -2.30. The van der Waals surface area contributed by atoms with Crippen molar-refractivity contribution in [2.24, 2.45) is 7.05 Å². The summed E-state index contributed by atoms with van der Waals surface area (Å²) < 4.78 is 4.68. The number of pyridine rings is 1. The molecule has 0 fully saturated rings. The minimum atomic E-state index is 1.03. The first kappa shape index (κ1) is 19.3. The number of hydrogen-bond acceptors (Lipinski definition) is 1. The summed E-state index contributed by atoms with van der Waals surface area (Å²) in [4.78, 5) is 4.57. The van der Waals surface area contributed by atoms with Gasteiger partial charge in [0, 0.05) is 6.20 Å². The molecule has 2 aromatic heterocycles. The molecule has 0 amide bonds. The summed E-state index contributed by atoms with van der Waals surface area (Å²) in [5, 5.41) is 0. The van der Waals surface area contributed by atoms with E-state index in [0.29, 0.717) is 0 Å². The Labute approximate surface area is 183 Å². The number of rotatable bonds is 3. The van der Waals surface area contributed by atoms with Gasteiger partial charge in [-0.05, 0) is 79.4 Å². The van der Waals surface area contributed by atoms with Gasteiger partial charge in [0.2, 0.25) is 0 Å². The molecule has 0 aliphatic carbocycles. The predicted molar refractivity (Wildman–Crippen MR) is 127 cm³/mol. The Hall–Kier alpha value is -3.72. The summed E-state index contributed by atoms with van der Waals surface area (Å²) in [5.74, 6) is 1.14. The van der Waals surface area contributed by atoms with Gasteiger partial charge in [-0.2, -0.15) is 4.57 Å². The number of para-hydroxylation sites is 2. The standard InChI is InChI=1S/C28H26N3/c1-19-17-23(22-11-6-5-7-12-22)18-20(2)27(19)31-26-15-9-8-14-25(26)30(4)28(31)24-13-10-16-29-21(24)3/h5-18H,1-4H3/q+1. The van der Waals surface area contributed by atoms with Crippen LogP contribution in [0.25, 0.3) is 39.2 Å². The third-order valence-corrected chi connectivity index (χ3v) is 6.08. The average Bonchev–Trinajstić information content (AvgIpc) is 3.07. The molecule has 0 aliphatic heterocycles. The topological polar surface area (TPSA) is 21.7 Å². The van der Waals surface area contributed by atoms with E-state index in [2.05, 4.69) is 115 Å². The lowest BCUT2D eigenvalue weighted by Gasteiger charge is -2.13. The van der Waals surface area contributed by atoms with E-state index in [1.165, 1.54) is 39.0 Å². The van der Waals surface area contributed by atoms with Crippen LogP contribution in [0.5, 0.6) is 0 Å². The number of aryl methyl sites for hydroxylation is 4. The molecule has 2 heterocycles. The molecular formula is C28H26N3+. The quantitative estimate of drug-likeness (QED) is 0.333. The fraction of sp³-hybridized carbons (Fsp3) is 0.143. The van der Waals surface area contributed by atoms with Crippen molar-refractivity contribution in [1.29, 1.82) is 0 Å². The minimum Gasteiger partial charge on any atom is -0.261 e. The van der Waals surface area contributed by atoms with E-state index in [4.69, 9.17) is 0 Å². The SMILES string of the molecule is Cc1cc(-c2ccccc2)cc(C)c1-n1c(-c2cccnc2C)[n+](C)c2ccccc21. The monoisotopic (exact) mass is 404 g/mol. The number of nitrogens with zero attached hydrogens (tertiary/aromatic N) is 3. The highest BCUT2D eigenvalue weighted by Gasteiger charge is 2.29. The first-order valence-electron chi connectivity index (χ1n) is 10.6. The van der Waals surface area contributed by atoms with E-state index < -0.39 is 0 Å². The van der Waals surface area contributed by atoms with Crippen molar-refractivity contribution in [2.75, 3.05) is 0 Å². The zero-order valence-electron chi connectivity index (χ0n) is 18.4. The van der Waals surface area contributed by atoms with Crippen LogP contribution in [0.4, 0.5) is 0 Å². The van der Waals surface area contributed by atoms with E-state index in [-0.39, 0.29) is 0 Å². The normalized spacial score (nSPS) is 11.2. The molecule has 0 saturated carbocycles. The Kier molecular flexibility index (Phi) is 4.67. The Morgan fingerprint density at radius 3 is 2.13 bits per heavy atom. The van der Waals surface area contributed by atoms with E-state index >= 15 is 0 Å². The number of benzene rings is 3. The fourth-order valence-electron chi connectivity index (χ4n) is 4.67. The van der Waals surface area contributed by atoms with E-state index in [9.17, 15) is 0 Å². The molecule has 0 aliphatic rings. The van der Waals surface area contributed by atoms with Gasteiger partial charge >= 0.3 is 0 Å². The molecule has 3 heteroatoms. The van der Waals surface area contributed by atoms with E-state index in [1.807, 2.05) is 12.3 Å². The molecule has 152 valence electrons. The number of aromatic nitrogens is 3. The summed E-state index contributed by atoms with van der Waals surface area (Å²) in [6.07, 6.45) is 1.86. The molecule has 0 bridgehead atoms. The Bertz CT molecular complexity index is 1390. The molecule has 0 spiro atoms. The molecular weight excluding hydrogens is 378 g/mol. The Morgan fingerprint density at radius 1 is 0.742 bits per heavy atom. The molecule has 0 radical (unpaired) electrons. The first-order chi connectivity index (χ1) is 15.1. The van der Waals surface area contributed by atoms with Crippen LogP contribution >= 0.6 is 0 Å². The van der Waals surface area contributed by atoms with Crippen LogP contribution in [0.3, 0.4) is 0 Å². The maximum atomic E-state index is 4.57. The molecule has 3 nitrogen and oxygen atoms in total. The van der Waals surface area contributed by atoms with Crippen molar-refractivity contribution in [1.82, 2.24) is 9.55 Å². The third-order valence-electron chi connectivity index (χ3n) is 6.08. The predicted octanol–water partition coefficient (Wildman–Crippen LogP) is 6.11. The number of hydrogen-bond donors (Lipinski definition) is 0. The van der Waals surface area contributed by atoms with Crippen LogP contribution in [0.2, 0.25) is 0 Å². The van der Waals surface area contributed by atoms with Crippen molar-refractivity contribution in [3.63, 3.8) is 0 Å². The second kappa shape index (κ2) is 7.51. The number of imidazole rings is 1. The highest BCUT2D eigenvalue weighted by Crippen LogP contribution is 2.33. The fourth-order valence-corrected chi connectivity index (χ4v) is 4.67. The van der Waals surface area contributed by atoms with E-state index in [0.717, 1.165) is 17.1 Å². The average molecular weight is 405 g/mol. The summed E-state index contributed by atoms with van der Waals surface area (Å²) >= 11 is 0. The highest BCUT2D eigenvalue weighted by molar-refractivity contribution is 5.81. The van der Waals surface area contributed by atoms with Crippen LogP contribution in [0.15, 0.2) is 85.1 Å². The van der Waals surface area contributed by atoms with Gasteiger partial charge in [-0.1, -0.05) is 42.5 Å². The van der Waals surface area contributed by atoms with Gasteiger partial charge in [0.1, 0.15) is 5.69 Å². The molecule has 0 atom stereocenters. The van der Waals surface area contributed by atoms with Crippen LogP contribution in [0, 0.1) is 20.8 Å². The van der Waals surface area contributed by atoms with Crippen LogP contribution in [-0.4, -0.2) is 9.55 Å². The third kappa shape index (κ3) is 3.14. The summed E-state index contributed by atoms with van der Waals surface area (Å²) in [6, 6.07) is 28.0. The van der Waals surface area contributed by atoms with Crippen LogP contribution in [0.1, 0.15) is 16.8 Å². The van der Waals surface area contributed by atoms with Crippen molar-refractivity contribution in [3.05, 3.63) is 102 Å². The van der Waals surface area contributed by atoms with E-state index in [1.54, 1.807) is 0 Å². The van der Waals surface area contributed by atoms with Crippen molar-refractivity contribution in [3.8, 4) is 28.2 Å². The van der Waals surface area contributed by atoms with Gasteiger partial charge in [-0.25, -0.2) is 4.57 Å². The van der Waals surface area contributed by atoms with Gasteiger partial charge in [-0.3, -0.25) is 4.98 Å². The van der Waals surface area contributed by atoms with Gasteiger partial charge < -0.3 is 0 Å². The van der Waals surface area contributed by atoms with Crippen molar-refractivity contribution in [2.45, 2.75) is 20.8 Å². The largest absolute Gasteiger partial charge is 0.296 e. The lowest BCUT2D eigenvalue weighted by molar-refractivity contribution is -0.633. The van der Waals surface area contributed by atoms with Gasteiger partial charge in [0.05, 0.1) is 18.3 Å². The molecule has 3 aromatic carbocycles. The summed E-state index contributed by atoms with van der Waals surface area (Å²) in [5.41, 5.74) is 10.8. The van der Waals surface area contributed by atoms with Crippen molar-refractivity contribution >= 4 is 11.0 Å². The smallest absolute Gasteiger partial charge is 0.261 e. The molecule has 0 N–H and O–H groups in total. The second-order valence-electron chi connectivity index (χ2n) is 8.17. The highest BCUT2D eigenvalue weighted by atomic mass is 15.2. The Balaban J connectivity index is 1.84. The maximum Gasteiger partial charge on any atom is 0.296 e. The number of fused-ring (bicyclic) bond motifs is 1. The molecule has 5 aromatic rings. The summed E-state index contributed by atoms with van der Waals surface area (Å²) in [7, 11) is 2.14. The second-order valence-corrected chi connectivity index (χ2v) is 8.17. The van der Waals surface area contributed by atoms with Gasteiger partial charge in [0.15, 0.2) is 11.0 Å². The molecule has 5 rings (SSSR count). The van der Waals surface area contributed by atoms with Gasteiger partial charge in [0.25, 0.3) is 5.82 Å². The zero-order chi connectivity index (χ0) is 21.5. The zero-order valence-corrected chi connectivity index (χ0v) is 18.4. The van der Waals surface area contributed by atoms with Crippen LogP contribution in [-0.2, 0) is 7.05 Å². The molecule has 0 unspecified atom stereocenters. The van der Waals surface area contributed by atoms with Crippen molar-refractivity contribution < 1.29 is 4.57 Å². The first-order valence-corrected chi connectivity index (χ1v) is 10.6. The minimum absolute atomic E-state index is 1.03. The maximum absolute atomic E-state index is 4.57. The molecule has 0 saturated heterocycles. The molecule has 31 heavy (non-hydrogen) atoms. The summed E-state index contributed by atoms with van der Waals surface area (Å²) in [6.45, 7) is 6.50.